The molecule has 0 saturated carbocycles. The molecule has 0 radical (unpaired) electrons. The Morgan fingerprint density at radius 2 is 1.81 bits per heavy atom. The van der Waals surface area contributed by atoms with Crippen LogP contribution < -0.4 is 10.9 Å². The van der Waals surface area contributed by atoms with Gasteiger partial charge in [-0.1, -0.05) is 18.2 Å². The van der Waals surface area contributed by atoms with E-state index in [-0.39, 0.29) is 5.69 Å². The lowest BCUT2D eigenvalue weighted by Crippen LogP contribution is -2.23. The summed E-state index contributed by atoms with van der Waals surface area (Å²) in [6.45, 7) is 1.61. The van der Waals surface area contributed by atoms with Gasteiger partial charge < -0.3 is 10.4 Å². The molecule has 8 heteroatoms. The fourth-order valence-electron chi connectivity index (χ4n) is 2.67. The Morgan fingerprint density at radius 1 is 1.15 bits per heavy atom. The molecule has 1 amide bonds. The summed E-state index contributed by atoms with van der Waals surface area (Å²) in [4.78, 5) is 25.1. The molecule has 2 aromatic carbocycles. The van der Waals surface area contributed by atoms with Crippen LogP contribution in [0, 0.1) is 18.6 Å². The number of phenols is 1. The van der Waals surface area contributed by atoms with Gasteiger partial charge in [-0.3, -0.25) is 14.3 Å². The Morgan fingerprint density at radius 3 is 2.42 bits per heavy atom. The summed E-state index contributed by atoms with van der Waals surface area (Å²) in [5, 5.41) is 12.0. The van der Waals surface area contributed by atoms with Gasteiger partial charge in [0.1, 0.15) is 28.6 Å². The second-order valence-electron chi connectivity index (χ2n) is 5.67. The average molecular weight is 359 g/mol. The highest BCUT2D eigenvalue weighted by atomic mass is 19.1. The van der Waals surface area contributed by atoms with Crippen molar-refractivity contribution in [2.75, 3.05) is 5.32 Å². The third kappa shape index (κ3) is 2.85. The quantitative estimate of drug-likeness (QED) is 0.755. The van der Waals surface area contributed by atoms with Gasteiger partial charge in [0.2, 0.25) is 0 Å². The number of nitrogens with one attached hydrogen (secondary N) is 1. The molecule has 134 valence electrons. The van der Waals surface area contributed by atoms with E-state index in [1.807, 2.05) is 0 Å². The summed E-state index contributed by atoms with van der Waals surface area (Å²) in [5.41, 5.74) is -0.315. The summed E-state index contributed by atoms with van der Waals surface area (Å²) >= 11 is 0. The maximum Gasteiger partial charge on any atom is 0.295 e. The lowest BCUT2D eigenvalue weighted by Gasteiger charge is -2.07. The number of hydrogen-bond donors (Lipinski definition) is 2. The third-order valence-corrected chi connectivity index (χ3v) is 4.05. The highest BCUT2D eigenvalue weighted by Gasteiger charge is 2.23. The van der Waals surface area contributed by atoms with E-state index < -0.39 is 34.4 Å². The summed E-state index contributed by atoms with van der Waals surface area (Å²) < 4.78 is 29.8. The van der Waals surface area contributed by atoms with Gasteiger partial charge >= 0.3 is 0 Å². The molecule has 6 nitrogen and oxygen atoms in total. The molecule has 0 aliphatic heterocycles. The second kappa shape index (κ2) is 6.47. The molecule has 0 spiro atoms. The zero-order valence-electron chi connectivity index (χ0n) is 14.0. The van der Waals surface area contributed by atoms with Crippen molar-refractivity contribution in [2.45, 2.75) is 6.92 Å². The first-order valence-corrected chi connectivity index (χ1v) is 7.64. The minimum atomic E-state index is -1.23. The standard InChI is InChI=1S/C18H15F2N3O3/c1-10-16(18(26)23(22(10)2)12-6-4-3-5-7-12)21-17(25)15-13(20)8-11(19)9-14(15)24/h3-9,24H,1-2H3,(H,21,25). The molecule has 26 heavy (non-hydrogen) atoms. The number of nitrogens with zero attached hydrogens (tertiary/aromatic N) is 2. The number of hydrogen-bond acceptors (Lipinski definition) is 3. The van der Waals surface area contributed by atoms with Crippen LogP contribution in [0.4, 0.5) is 14.5 Å². The summed E-state index contributed by atoms with van der Waals surface area (Å²) in [6.07, 6.45) is 0. The molecule has 0 saturated heterocycles. The Bertz CT molecular complexity index is 1030. The van der Waals surface area contributed by atoms with Crippen molar-refractivity contribution in [3.8, 4) is 11.4 Å². The molecule has 3 rings (SSSR count). The van der Waals surface area contributed by atoms with Gasteiger partial charge in [0.15, 0.2) is 0 Å². The van der Waals surface area contributed by atoms with Crippen LogP contribution in [-0.4, -0.2) is 20.4 Å². The number of carbonyl (C=O) groups is 1. The van der Waals surface area contributed by atoms with Crippen LogP contribution in [0.3, 0.4) is 0 Å². The number of benzene rings is 2. The number of para-hydroxylation sites is 1. The highest BCUT2D eigenvalue weighted by molar-refractivity contribution is 6.06. The number of rotatable bonds is 3. The first-order valence-electron chi connectivity index (χ1n) is 7.64. The van der Waals surface area contributed by atoms with Crippen molar-refractivity contribution in [2.24, 2.45) is 7.05 Å². The van der Waals surface area contributed by atoms with E-state index in [9.17, 15) is 23.5 Å². The van der Waals surface area contributed by atoms with Gasteiger partial charge in [0.05, 0.1) is 11.4 Å². The topological polar surface area (TPSA) is 76.3 Å². The minimum Gasteiger partial charge on any atom is -0.507 e. The van der Waals surface area contributed by atoms with Crippen LogP contribution in [0.2, 0.25) is 0 Å². The SMILES string of the molecule is Cc1c(NC(=O)c2c(O)cc(F)cc2F)c(=O)n(-c2ccccc2)n1C. The van der Waals surface area contributed by atoms with E-state index >= 15 is 0 Å². The molecule has 1 aromatic heterocycles. The lowest BCUT2D eigenvalue weighted by molar-refractivity contribution is 0.102. The third-order valence-electron chi connectivity index (χ3n) is 4.05. The molecule has 0 aliphatic rings. The van der Waals surface area contributed by atoms with Crippen molar-refractivity contribution >= 4 is 11.6 Å². The monoisotopic (exact) mass is 359 g/mol. The van der Waals surface area contributed by atoms with E-state index in [4.69, 9.17) is 0 Å². The van der Waals surface area contributed by atoms with Crippen molar-refractivity contribution in [1.82, 2.24) is 9.36 Å². The number of aromatic nitrogens is 2. The molecule has 0 bridgehead atoms. The van der Waals surface area contributed by atoms with E-state index in [0.29, 0.717) is 23.5 Å². The minimum absolute atomic E-state index is 0.0653. The van der Waals surface area contributed by atoms with Crippen molar-refractivity contribution in [3.05, 3.63) is 75.7 Å². The Balaban J connectivity index is 2.05. The number of aromatic hydroxyl groups is 1. The lowest BCUT2D eigenvalue weighted by atomic mass is 10.1. The predicted octanol–water partition coefficient (Wildman–Crippen LogP) is 2.72. The van der Waals surface area contributed by atoms with Gasteiger partial charge in [-0.2, -0.15) is 0 Å². The zero-order valence-corrected chi connectivity index (χ0v) is 14.0. The van der Waals surface area contributed by atoms with E-state index in [1.165, 1.54) is 9.36 Å². The van der Waals surface area contributed by atoms with Crippen LogP contribution in [-0.2, 0) is 7.05 Å². The fourth-order valence-corrected chi connectivity index (χ4v) is 2.67. The summed E-state index contributed by atoms with van der Waals surface area (Å²) in [6, 6.07) is 9.86. The second-order valence-corrected chi connectivity index (χ2v) is 5.67. The highest BCUT2D eigenvalue weighted by Crippen LogP contribution is 2.23. The molecule has 0 unspecified atom stereocenters. The predicted molar refractivity (Wildman–Crippen MR) is 91.7 cm³/mol. The normalized spacial score (nSPS) is 10.8. The smallest absolute Gasteiger partial charge is 0.295 e. The zero-order chi connectivity index (χ0) is 19.0. The van der Waals surface area contributed by atoms with Gasteiger partial charge in [-0.05, 0) is 19.1 Å². The Labute approximate surface area is 146 Å². The molecule has 0 fully saturated rings. The summed E-state index contributed by atoms with van der Waals surface area (Å²) in [5.74, 6) is -4.14. The maximum atomic E-state index is 13.9. The van der Waals surface area contributed by atoms with Gasteiger partial charge in [-0.15, -0.1) is 0 Å². The van der Waals surface area contributed by atoms with Gasteiger partial charge in [-0.25, -0.2) is 13.5 Å². The van der Waals surface area contributed by atoms with E-state index in [2.05, 4.69) is 5.32 Å². The van der Waals surface area contributed by atoms with E-state index in [0.717, 1.165) is 0 Å². The van der Waals surface area contributed by atoms with Crippen LogP contribution in [0.25, 0.3) is 5.69 Å². The molecular weight excluding hydrogens is 344 g/mol. The van der Waals surface area contributed by atoms with Gasteiger partial charge in [0.25, 0.3) is 11.5 Å². The first-order chi connectivity index (χ1) is 12.3. The van der Waals surface area contributed by atoms with E-state index in [1.54, 1.807) is 44.3 Å². The molecule has 1 heterocycles. The van der Waals surface area contributed by atoms with Gasteiger partial charge in [0, 0.05) is 19.2 Å². The molecular formula is C18H15F2N3O3. The maximum absolute atomic E-state index is 13.9. The fraction of sp³-hybridized carbons (Fsp3) is 0.111. The molecule has 0 atom stereocenters. The van der Waals surface area contributed by atoms with Crippen molar-refractivity contribution < 1.29 is 18.7 Å². The number of amides is 1. The van der Waals surface area contributed by atoms with Crippen LogP contribution in [0.5, 0.6) is 5.75 Å². The number of carbonyl (C=O) groups excluding carboxylic acids is 1. The van der Waals surface area contributed by atoms with Crippen molar-refractivity contribution in [1.29, 1.82) is 0 Å². The molecule has 2 N–H and O–H groups in total. The van der Waals surface area contributed by atoms with Crippen LogP contribution in [0.1, 0.15) is 16.1 Å². The van der Waals surface area contributed by atoms with Crippen molar-refractivity contribution in [3.63, 3.8) is 0 Å². The number of anilines is 1. The molecule has 3 aromatic rings. The Kier molecular flexibility index (Phi) is 4.33. The van der Waals surface area contributed by atoms with Crippen LogP contribution >= 0.6 is 0 Å². The number of halogens is 2. The average Bonchev–Trinajstić information content (AvgIpc) is 2.78. The Hall–Kier alpha value is -3.42. The first kappa shape index (κ1) is 17.4. The number of phenolic OH excluding ortho intramolecular Hbond substituents is 1. The largest absolute Gasteiger partial charge is 0.507 e. The summed E-state index contributed by atoms with van der Waals surface area (Å²) in [7, 11) is 1.63. The molecule has 0 aliphatic carbocycles. The van der Waals surface area contributed by atoms with Crippen LogP contribution in [0.15, 0.2) is 47.3 Å².